The number of sulfonamides is 1. The van der Waals surface area contributed by atoms with E-state index in [1.807, 2.05) is 0 Å². The number of nitrogens with zero attached hydrogens (tertiary/aromatic N) is 4. The highest BCUT2D eigenvalue weighted by molar-refractivity contribution is 7.92. The summed E-state index contributed by atoms with van der Waals surface area (Å²) in [5.41, 5.74) is 0.758. The van der Waals surface area contributed by atoms with Crippen molar-refractivity contribution in [2.45, 2.75) is 4.90 Å². The number of anilines is 2. The van der Waals surface area contributed by atoms with Crippen LogP contribution in [0.3, 0.4) is 0 Å². The largest absolute Gasteiger partial charge is 0.495 e. The van der Waals surface area contributed by atoms with E-state index in [0.717, 1.165) is 0 Å². The number of amides is 1. The van der Waals surface area contributed by atoms with Gasteiger partial charge in [0.1, 0.15) is 18.4 Å². The molecule has 0 fully saturated rings. The summed E-state index contributed by atoms with van der Waals surface area (Å²) in [7, 11) is -2.60. The van der Waals surface area contributed by atoms with E-state index in [0.29, 0.717) is 22.3 Å². The molecular weight excluding hydrogens is 468 g/mol. The molecule has 2 heterocycles. The molecular formula is C21H17ClN6O4S. The molecule has 0 bridgehead atoms. The Morgan fingerprint density at radius 2 is 1.97 bits per heavy atom. The zero-order chi connectivity index (χ0) is 23.4. The molecule has 2 N–H and O–H groups in total. The first-order valence-corrected chi connectivity index (χ1v) is 11.3. The number of rotatable bonds is 7. The predicted molar refractivity (Wildman–Crippen MR) is 122 cm³/mol. The maximum absolute atomic E-state index is 12.9. The van der Waals surface area contributed by atoms with Gasteiger partial charge in [0.05, 0.1) is 29.6 Å². The van der Waals surface area contributed by atoms with Crippen LogP contribution in [0.15, 0.2) is 78.3 Å². The highest BCUT2D eigenvalue weighted by Gasteiger charge is 2.19. The van der Waals surface area contributed by atoms with Crippen LogP contribution in [0.1, 0.15) is 10.4 Å². The number of aromatic nitrogens is 4. The quantitative estimate of drug-likeness (QED) is 0.411. The van der Waals surface area contributed by atoms with Crippen molar-refractivity contribution in [2.75, 3.05) is 17.1 Å². The van der Waals surface area contributed by atoms with Gasteiger partial charge in [0, 0.05) is 10.6 Å². The first-order chi connectivity index (χ1) is 15.9. The van der Waals surface area contributed by atoms with Gasteiger partial charge in [-0.05, 0) is 48.5 Å². The molecule has 168 valence electrons. The van der Waals surface area contributed by atoms with E-state index in [-0.39, 0.29) is 16.1 Å². The third kappa shape index (κ3) is 5.10. The molecule has 0 saturated carbocycles. The summed E-state index contributed by atoms with van der Waals surface area (Å²) in [5, 5.41) is 7.00. The van der Waals surface area contributed by atoms with E-state index in [9.17, 15) is 13.2 Å². The molecule has 1 amide bonds. The van der Waals surface area contributed by atoms with Crippen molar-refractivity contribution < 1.29 is 17.9 Å². The number of nitrogens with one attached hydrogen (secondary N) is 2. The van der Waals surface area contributed by atoms with Crippen molar-refractivity contribution in [1.29, 1.82) is 0 Å². The standard InChI is InChI=1S/C21H17ClN6O4S/c1-32-19-7-5-15(22)10-18(19)27-33(30,31)17-4-2-3-14(9-17)21(29)26-16-6-8-20(24-11-16)28-13-23-12-25-28/h2-13,27H,1H3,(H,26,29). The maximum atomic E-state index is 12.9. The van der Waals surface area contributed by atoms with Crippen LogP contribution >= 0.6 is 11.6 Å². The summed E-state index contributed by atoms with van der Waals surface area (Å²) in [5.74, 6) is 0.336. The predicted octanol–water partition coefficient (Wildman–Crippen LogP) is 3.38. The molecule has 4 aromatic rings. The van der Waals surface area contributed by atoms with Gasteiger partial charge in [-0.3, -0.25) is 9.52 Å². The minimum atomic E-state index is -4.02. The fraction of sp³-hybridized carbons (Fsp3) is 0.0476. The van der Waals surface area contributed by atoms with Crippen LogP contribution in [-0.2, 0) is 10.0 Å². The van der Waals surface area contributed by atoms with Crippen molar-refractivity contribution in [2.24, 2.45) is 0 Å². The van der Waals surface area contributed by atoms with E-state index in [1.54, 1.807) is 24.3 Å². The van der Waals surface area contributed by atoms with Crippen LogP contribution in [0.2, 0.25) is 5.02 Å². The van der Waals surface area contributed by atoms with Gasteiger partial charge in [0.15, 0.2) is 5.82 Å². The van der Waals surface area contributed by atoms with Crippen LogP contribution in [0, 0.1) is 0 Å². The van der Waals surface area contributed by atoms with E-state index in [2.05, 4.69) is 25.1 Å². The second kappa shape index (κ2) is 9.27. The summed E-state index contributed by atoms with van der Waals surface area (Å²) >= 11 is 5.97. The lowest BCUT2D eigenvalue weighted by Crippen LogP contribution is -2.16. The highest BCUT2D eigenvalue weighted by atomic mass is 35.5. The summed E-state index contributed by atoms with van der Waals surface area (Å²) < 4.78 is 34.9. The monoisotopic (exact) mass is 484 g/mol. The number of ether oxygens (including phenoxy) is 1. The first-order valence-electron chi connectivity index (χ1n) is 9.44. The Morgan fingerprint density at radius 1 is 1.12 bits per heavy atom. The average molecular weight is 485 g/mol. The summed E-state index contributed by atoms with van der Waals surface area (Å²) in [6.07, 6.45) is 4.34. The molecule has 12 heteroatoms. The molecule has 33 heavy (non-hydrogen) atoms. The molecule has 0 saturated heterocycles. The number of carbonyl (C=O) groups is 1. The molecule has 0 spiro atoms. The van der Waals surface area contributed by atoms with Crippen LogP contribution < -0.4 is 14.8 Å². The molecule has 4 rings (SSSR count). The van der Waals surface area contributed by atoms with Gasteiger partial charge in [-0.25, -0.2) is 23.1 Å². The van der Waals surface area contributed by atoms with Gasteiger partial charge >= 0.3 is 0 Å². The molecule has 2 aromatic heterocycles. The number of pyridine rings is 1. The molecule has 0 aliphatic heterocycles. The lowest BCUT2D eigenvalue weighted by molar-refractivity contribution is 0.102. The second-order valence-corrected chi connectivity index (χ2v) is 8.80. The molecule has 0 atom stereocenters. The minimum Gasteiger partial charge on any atom is -0.495 e. The SMILES string of the molecule is COc1ccc(Cl)cc1NS(=O)(=O)c1cccc(C(=O)Nc2ccc(-n3cncn3)nc2)c1. The third-order valence-electron chi connectivity index (χ3n) is 4.47. The van der Waals surface area contributed by atoms with Crippen LogP contribution in [0.25, 0.3) is 5.82 Å². The normalized spacial score (nSPS) is 11.1. The zero-order valence-corrected chi connectivity index (χ0v) is 18.7. The number of benzene rings is 2. The molecule has 10 nitrogen and oxygen atoms in total. The fourth-order valence-electron chi connectivity index (χ4n) is 2.89. The van der Waals surface area contributed by atoms with Crippen LogP contribution in [0.5, 0.6) is 5.75 Å². The van der Waals surface area contributed by atoms with Crippen molar-refractivity contribution in [3.8, 4) is 11.6 Å². The summed E-state index contributed by atoms with van der Waals surface area (Å²) in [6, 6.07) is 13.5. The van der Waals surface area contributed by atoms with Crippen LogP contribution in [0.4, 0.5) is 11.4 Å². The van der Waals surface area contributed by atoms with Gasteiger partial charge in [-0.1, -0.05) is 17.7 Å². The molecule has 2 aromatic carbocycles. The lowest BCUT2D eigenvalue weighted by atomic mass is 10.2. The third-order valence-corrected chi connectivity index (χ3v) is 6.07. The highest BCUT2D eigenvalue weighted by Crippen LogP contribution is 2.30. The van der Waals surface area contributed by atoms with Crippen molar-refractivity contribution >= 4 is 38.9 Å². The van der Waals surface area contributed by atoms with E-state index < -0.39 is 15.9 Å². The van der Waals surface area contributed by atoms with Gasteiger partial charge in [-0.15, -0.1) is 0 Å². The van der Waals surface area contributed by atoms with Crippen LogP contribution in [-0.4, -0.2) is 41.2 Å². The van der Waals surface area contributed by atoms with Crippen molar-refractivity contribution in [3.63, 3.8) is 0 Å². The van der Waals surface area contributed by atoms with E-state index >= 15 is 0 Å². The molecule has 0 aliphatic rings. The Labute approximate surface area is 194 Å². The molecule has 0 radical (unpaired) electrons. The lowest BCUT2D eigenvalue weighted by Gasteiger charge is -2.13. The van der Waals surface area contributed by atoms with Crippen molar-refractivity contribution in [1.82, 2.24) is 19.7 Å². The van der Waals surface area contributed by atoms with Gasteiger partial charge in [0.2, 0.25) is 0 Å². The molecule has 0 aliphatic carbocycles. The number of hydrogen-bond acceptors (Lipinski definition) is 7. The van der Waals surface area contributed by atoms with Gasteiger partial charge in [-0.2, -0.15) is 5.10 Å². The number of hydrogen-bond donors (Lipinski definition) is 2. The Balaban J connectivity index is 1.52. The minimum absolute atomic E-state index is 0.100. The Hall–Kier alpha value is -3.96. The van der Waals surface area contributed by atoms with Crippen molar-refractivity contribution in [3.05, 3.63) is 84.0 Å². The topological polar surface area (TPSA) is 128 Å². The average Bonchev–Trinajstić information content (AvgIpc) is 3.35. The Morgan fingerprint density at radius 3 is 2.67 bits per heavy atom. The smallest absolute Gasteiger partial charge is 0.262 e. The Kier molecular flexibility index (Phi) is 6.24. The molecule has 0 unspecified atom stereocenters. The summed E-state index contributed by atoms with van der Waals surface area (Å²) in [4.78, 5) is 20.7. The van der Waals surface area contributed by atoms with E-state index in [4.69, 9.17) is 16.3 Å². The zero-order valence-electron chi connectivity index (χ0n) is 17.1. The first kappa shape index (κ1) is 22.2. The maximum Gasteiger partial charge on any atom is 0.262 e. The van der Waals surface area contributed by atoms with Gasteiger partial charge < -0.3 is 10.1 Å². The Bertz CT molecular complexity index is 1390. The fourth-order valence-corrected chi connectivity index (χ4v) is 4.17. The number of methoxy groups -OCH3 is 1. The van der Waals surface area contributed by atoms with E-state index in [1.165, 1.54) is 61.0 Å². The summed E-state index contributed by atoms with van der Waals surface area (Å²) in [6.45, 7) is 0. The van der Waals surface area contributed by atoms with Gasteiger partial charge in [0.25, 0.3) is 15.9 Å². The second-order valence-electron chi connectivity index (χ2n) is 6.68. The number of carbonyl (C=O) groups excluding carboxylic acids is 1. The number of halogens is 1.